The summed E-state index contributed by atoms with van der Waals surface area (Å²) in [6, 6.07) is 6.73. The van der Waals surface area contributed by atoms with Crippen molar-refractivity contribution in [3.05, 3.63) is 58.7 Å². The minimum atomic E-state index is -1.28. The monoisotopic (exact) mass is 622 g/mol. The summed E-state index contributed by atoms with van der Waals surface area (Å²) in [6.45, 7) is 1.36. The lowest BCUT2D eigenvalue weighted by Crippen LogP contribution is -2.38. The summed E-state index contributed by atoms with van der Waals surface area (Å²) in [4.78, 5) is 13.3. The largest absolute Gasteiger partial charge is 0.507 e. The Kier molecular flexibility index (Phi) is 9.61. The van der Waals surface area contributed by atoms with Crippen molar-refractivity contribution < 1.29 is 60.2 Å². The van der Waals surface area contributed by atoms with E-state index in [1.807, 2.05) is 0 Å². The SMILES string of the molecule is C[C@@H](SCCO)c1c(O)cc(O)c2c1O[C@H](c1ccc(O)c(O)c1)[C@H](OC(=O)c1cc(O)c(O)c(O)c1)[C@H]2SCCO. The smallest absolute Gasteiger partial charge is 0.338 e. The topological polar surface area (TPSA) is 218 Å². The molecule has 3 aromatic rings. The molecule has 1 heterocycles. The fourth-order valence-electron chi connectivity index (χ4n) is 4.66. The molecule has 0 amide bonds. The summed E-state index contributed by atoms with van der Waals surface area (Å²) >= 11 is 2.42. The summed E-state index contributed by atoms with van der Waals surface area (Å²) in [5, 5.41) is 89.2. The van der Waals surface area contributed by atoms with Gasteiger partial charge in [0.15, 0.2) is 41.0 Å². The lowest BCUT2D eigenvalue weighted by atomic mass is 9.90. The molecule has 1 aliphatic heterocycles. The molecule has 0 unspecified atom stereocenters. The second kappa shape index (κ2) is 13.0. The number of rotatable bonds is 10. The van der Waals surface area contributed by atoms with E-state index in [4.69, 9.17) is 9.47 Å². The third-order valence-corrected chi connectivity index (χ3v) is 9.01. The van der Waals surface area contributed by atoms with E-state index in [1.165, 1.54) is 30.0 Å². The van der Waals surface area contributed by atoms with Crippen LogP contribution >= 0.6 is 23.5 Å². The van der Waals surface area contributed by atoms with Crippen LogP contribution in [0.5, 0.6) is 46.0 Å². The number of aromatic hydroxyl groups is 7. The van der Waals surface area contributed by atoms with Gasteiger partial charge in [0.2, 0.25) is 0 Å². The van der Waals surface area contributed by atoms with Crippen LogP contribution in [0.2, 0.25) is 0 Å². The first-order valence-electron chi connectivity index (χ1n) is 12.7. The number of aliphatic hydroxyl groups excluding tert-OH is 2. The van der Waals surface area contributed by atoms with E-state index in [1.54, 1.807) is 6.92 Å². The molecule has 0 bridgehead atoms. The van der Waals surface area contributed by atoms with Crippen LogP contribution in [0.25, 0.3) is 0 Å². The third-order valence-electron chi connectivity index (χ3n) is 6.57. The molecule has 42 heavy (non-hydrogen) atoms. The summed E-state index contributed by atoms with van der Waals surface area (Å²) in [5.41, 5.74) is 0.369. The van der Waals surface area contributed by atoms with Gasteiger partial charge in [0, 0.05) is 33.9 Å². The molecular formula is C28H30O12S2. The Morgan fingerprint density at radius 3 is 2.14 bits per heavy atom. The standard InChI is InChI=1S/C28H30O12S2/c1-12(41-6-4-29)21-17(33)11-18(34)22-25(21)39-24(13-2-3-15(31)16(32)8-13)26(27(22)42-7-5-30)40-28(38)14-9-19(35)23(37)20(36)10-14/h2-3,8-12,24,26-27,29-37H,4-7H2,1H3/t12-,24-,26+,27+/m1/s1. The quantitative estimate of drug-likeness (QED) is 0.117. The number of hydrogen-bond acceptors (Lipinski definition) is 14. The van der Waals surface area contributed by atoms with Crippen LogP contribution in [0.3, 0.4) is 0 Å². The number of phenols is 7. The first kappa shape index (κ1) is 31.1. The molecule has 14 heteroatoms. The molecule has 3 aromatic carbocycles. The number of fused-ring (bicyclic) bond motifs is 1. The summed E-state index contributed by atoms with van der Waals surface area (Å²) in [7, 11) is 0. The zero-order chi connectivity index (χ0) is 30.7. The molecule has 0 aliphatic carbocycles. The highest BCUT2D eigenvalue weighted by Gasteiger charge is 2.46. The van der Waals surface area contributed by atoms with Crippen LogP contribution in [0.1, 0.15) is 50.6 Å². The number of carbonyl (C=O) groups excluding carboxylic acids is 1. The average molecular weight is 623 g/mol. The Morgan fingerprint density at radius 2 is 1.52 bits per heavy atom. The Morgan fingerprint density at radius 1 is 0.857 bits per heavy atom. The average Bonchev–Trinajstić information content (AvgIpc) is 2.94. The van der Waals surface area contributed by atoms with E-state index in [-0.39, 0.29) is 52.9 Å². The van der Waals surface area contributed by atoms with Crippen LogP contribution in [0, 0.1) is 0 Å². The number of phenolic OH excluding ortho intramolecular Hbond substituents is 7. The number of aliphatic hydroxyl groups is 2. The van der Waals surface area contributed by atoms with Gasteiger partial charge in [-0.1, -0.05) is 6.07 Å². The van der Waals surface area contributed by atoms with Crippen LogP contribution in [0.4, 0.5) is 0 Å². The maximum atomic E-state index is 13.3. The van der Waals surface area contributed by atoms with Crippen molar-refractivity contribution in [3.8, 4) is 46.0 Å². The van der Waals surface area contributed by atoms with E-state index in [2.05, 4.69) is 0 Å². The molecular weight excluding hydrogens is 592 g/mol. The first-order chi connectivity index (χ1) is 20.0. The van der Waals surface area contributed by atoms with Crippen molar-refractivity contribution in [2.24, 2.45) is 0 Å². The minimum absolute atomic E-state index is 0.0747. The Hall–Kier alpha value is -3.85. The molecule has 1 aliphatic rings. The van der Waals surface area contributed by atoms with Gasteiger partial charge >= 0.3 is 5.97 Å². The van der Waals surface area contributed by atoms with Crippen LogP contribution in [-0.4, -0.2) is 82.8 Å². The summed E-state index contributed by atoms with van der Waals surface area (Å²) in [6.07, 6.45) is -2.49. The van der Waals surface area contributed by atoms with Crippen LogP contribution < -0.4 is 4.74 Å². The molecule has 4 rings (SSSR count). The highest BCUT2D eigenvalue weighted by Crippen LogP contribution is 2.57. The van der Waals surface area contributed by atoms with Crippen LogP contribution in [-0.2, 0) is 4.74 Å². The predicted molar refractivity (Wildman–Crippen MR) is 154 cm³/mol. The van der Waals surface area contributed by atoms with E-state index in [0.29, 0.717) is 11.3 Å². The molecule has 9 N–H and O–H groups in total. The van der Waals surface area contributed by atoms with Gasteiger partial charge in [-0.2, -0.15) is 11.8 Å². The summed E-state index contributed by atoms with van der Waals surface area (Å²) < 4.78 is 12.2. The molecule has 0 aromatic heterocycles. The molecule has 0 fully saturated rings. The Bertz CT molecular complexity index is 1440. The second-order valence-corrected chi connectivity index (χ2v) is 12.0. The molecule has 0 spiro atoms. The highest BCUT2D eigenvalue weighted by molar-refractivity contribution is 7.99. The van der Waals surface area contributed by atoms with E-state index < -0.39 is 57.4 Å². The molecule has 226 valence electrons. The lowest BCUT2D eigenvalue weighted by molar-refractivity contribution is -0.0207. The highest BCUT2D eigenvalue weighted by atomic mass is 32.2. The van der Waals surface area contributed by atoms with Gasteiger partial charge in [-0.25, -0.2) is 4.79 Å². The first-order valence-corrected chi connectivity index (χ1v) is 14.8. The maximum absolute atomic E-state index is 13.3. The zero-order valence-corrected chi connectivity index (χ0v) is 23.8. The third kappa shape index (κ3) is 6.16. The minimum Gasteiger partial charge on any atom is -0.507 e. The lowest BCUT2D eigenvalue weighted by Gasteiger charge is -2.40. The second-order valence-electron chi connectivity index (χ2n) is 9.34. The number of ether oxygens (including phenoxy) is 2. The van der Waals surface area contributed by atoms with Gasteiger partial charge in [0.05, 0.1) is 29.6 Å². The van der Waals surface area contributed by atoms with Gasteiger partial charge in [0.25, 0.3) is 0 Å². The van der Waals surface area contributed by atoms with Gasteiger partial charge < -0.3 is 55.4 Å². The Labute approximate surface area is 248 Å². The fourth-order valence-corrected chi connectivity index (χ4v) is 6.65. The van der Waals surface area contributed by atoms with Crippen molar-refractivity contribution in [2.45, 2.75) is 29.6 Å². The number of thioether (sulfide) groups is 2. The van der Waals surface area contributed by atoms with Crippen molar-refractivity contribution >= 4 is 29.5 Å². The van der Waals surface area contributed by atoms with Crippen LogP contribution in [0.15, 0.2) is 36.4 Å². The van der Waals surface area contributed by atoms with Gasteiger partial charge in [-0.05, 0) is 31.2 Å². The molecule has 0 saturated carbocycles. The van der Waals surface area contributed by atoms with Gasteiger partial charge in [-0.3, -0.25) is 0 Å². The number of carbonyl (C=O) groups is 1. The maximum Gasteiger partial charge on any atom is 0.338 e. The van der Waals surface area contributed by atoms with E-state index in [9.17, 15) is 50.8 Å². The van der Waals surface area contributed by atoms with Crippen molar-refractivity contribution in [1.82, 2.24) is 0 Å². The van der Waals surface area contributed by atoms with E-state index >= 15 is 0 Å². The number of benzene rings is 3. The van der Waals surface area contributed by atoms with Crippen molar-refractivity contribution in [1.29, 1.82) is 0 Å². The normalized spacial score (nSPS) is 18.6. The molecule has 4 atom stereocenters. The fraction of sp³-hybridized carbons (Fsp3) is 0.321. The summed E-state index contributed by atoms with van der Waals surface area (Å²) in [5.74, 6) is -4.48. The Balaban J connectivity index is 1.91. The van der Waals surface area contributed by atoms with Crippen molar-refractivity contribution in [2.75, 3.05) is 24.7 Å². The van der Waals surface area contributed by atoms with Gasteiger partial charge in [0.1, 0.15) is 17.2 Å². The van der Waals surface area contributed by atoms with Crippen molar-refractivity contribution in [3.63, 3.8) is 0 Å². The molecule has 12 nitrogen and oxygen atoms in total. The molecule has 0 radical (unpaired) electrons. The predicted octanol–water partition coefficient (Wildman–Crippen LogP) is 3.54. The van der Waals surface area contributed by atoms with E-state index in [0.717, 1.165) is 30.0 Å². The number of hydrogen-bond donors (Lipinski definition) is 9. The number of esters is 1. The van der Waals surface area contributed by atoms with Gasteiger partial charge in [-0.15, -0.1) is 11.8 Å². The molecule has 0 saturated heterocycles. The zero-order valence-electron chi connectivity index (χ0n) is 22.2.